The minimum absolute atomic E-state index is 0.191. The molecular weight excluding hydrogens is 206 g/mol. The molecule has 1 aliphatic rings. The molecule has 1 saturated heterocycles. The van der Waals surface area contributed by atoms with Crippen molar-refractivity contribution in [2.24, 2.45) is 5.92 Å². The van der Waals surface area contributed by atoms with Crippen LogP contribution in [0.3, 0.4) is 0 Å². The van der Waals surface area contributed by atoms with Crippen LogP contribution in [0.25, 0.3) is 0 Å². The molecule has 0 aromatic heterocycles. The zero-order valence-electron chi connectivity index (χ0n) is 10.5. The predicted molar refractivity (Wildman–Crippen MR) is 62.3 cm³/mol. The van der Waals surface area contributed by atoms with Gasteiger partial charge in [-0.15, -0.1) is 0 Å². The van der Waals surface area contributed by atoms with Gasteiger partial charge >= 0.3 is 5.97 Å². The van der Waals surface area contributed by atoms with E-state index < -0.39 is 5.60 Å². The van der Waals surface area contributed by atoms with Gasteiger partial charge in [0, 0.05) is 13.2 Å². The van der Waals surface area contributed by atoms with Crippen molar-refractivity contribution >= 4 is 5.97 Å². The standard InChI is InChI=1S/C12H23NO3/c1-12(2,3)16-11(14)8-13-7-10-5-4-6-15-9-10/h10,13H,4-9H2,1-3H3. The molecular formula is C12H23NO3. The molecule has 16 heavy (non-hydrogen) atoms. The van der Waals surface area contributed by atoms with Crippen molar-refractivity contribution < 1.29 is 14.3 Å². The van der Waals surface area contributed by atoms with Crippen molar-refractivity contribution in [3.63, 3.8) is 0 Å². The zero-order valence-corrected chi connectivity index (χ0v) is 10.5. The second-order valence-corrected chi connectivity index (χ2v) is 5.30. The molecule has 0 spiro atoms. The van der Waals surface area contributed by atoms with Gasteiger partial charge in [0.1, 0.15) is 5.60 Å². The average molecular weight is 229 g/mol. The van der Waals surface area contributed by atoms with Crippen LogP contribution in [0, 0.1) is 5.92 Å². The van der Waals surface area contributed by atoms with Crippen LogP contribution < -0.4 is 5.32 Å². The first-order valence-electron chi connectivity index (χ1n) is 5.98. The van der Waals surface area contributed by atoms with E-state index in [2.05, 4.69) is 5.32 Å². The van der Waals surface area contributed by atoms with E-state index in [0.29, 0.717) is 5.92 Å². The van der Waals surface area contributed by atoms with Gasteiger partial charge in [-0.05, 0) is 39.5 Å². The summed E-state index contributed by atoms with van der Waals surface area (Å²) in [5.41, 5.74) is -0.396. The Kier molecular flexibility index (Phi) is 5.22. The topological polar surface area (TPSA) is 47.6 Å². The van der Waals surface area contributed by atoms with Crippen molar-refractivity contribution in [2.45, 2.75) is 39.2 Å². The Morgan fingerprint density at radius 3 is 2.81 bits per heavy atom. The van der Waals surface area contributed by atoms with Gasteiger partial charge in [0.2, 0.25) is 0 Å². The molecule has 0 bridgehead atoms. The van der Waals surface area contributed by atoms with Crippen LogP contribution in [0.1, 0.15) is 33.6 Å². The van der Waals surface area contributed by atoms with E-state index >= 15 is 0 Å². The highest BCUT2D eigenvalue weighted by atomic mass is 16.6. The molecule has 0 amide bonds. The molecule has 4 nitrogen and oxygen atoms in total. The molecule has 1 atom stereocenters. The lowest BCUT2D eigenvalue weighted by molar-refractivity contribution is -0.153. The van der Waals surface area contributed by atoms with Gasteiger partial charge in [0.25, 0.3) is 0 Å². The van der Waals surface area contributed by atoms with Crippen molar-refractivity contribution in [1.29, 1.82) is 0 Å². The highest BCUT2D eigenvalue weighted by Crippen LogP contribution is 2.12. The number of nitrogens with one attached hydrogen (secondary N) is 1. The molecule has 1 rings (SSSR count). The highest BCUT2D eigenvalue weighted by Gasteiger charge is 2.17. The van der Waals surface area contributed by atoms with Crippen molar-refractivity contribution in [1.82, 2.24) is 5.32 Å². The van der Waals surface area contributed by atoms with Crippen LogP contribution in [0.2, 0.25) is 0 Å². The highest BCUT2D eigenvalue weighted by molar-refractivity contribution is 5.72. The Balaban J connectivity index is 2.08. The Morgan fingerprint density at radius 1 is 1.50 bits per heavy atom. The third-order valence-corrected chi connectivity index (χ3v) is 2.38. The zero-order chi connectivity index (χ0) is 12.0. The first-order valence-corrected chi connectivity index (χ1v) is 5.98. The molecule has 1 N–H and O–H groups in total. The number of carbonyl (C=O) groups excluding carboxylic acids is 1. The molecule has 0 radical (unpaired) electrons. The molecule has 1 heterocycles. The van der Waals surface area contributed by atoms with Crippen LogP contribution in [-0.2, 0) is 14.3 Å². The molecule has 94 valence electrons. The molecule has 1 aliphatic heterocycles. The van der Waals surface area contributed by atoms with Gasteiger partial charge in [0.05, 0.1) is 13.2 Å². The number of carbonyl (C=O) groups is 1. The molecule has 1 unspecified atom stereocenters. The van der Waals surface area contributed by atoms with E-state index in [1.54, 1.807) is 0 Å². The average Bonchev–Trinajstić information content (AvgIpc) is 2.16. The largest absolute Gasteiger partial charge is 0.459 e. The van der Waals surface area contributed by atoms with Crippen LogP contribution in [0.5, 0.6) is 0 Å². The fourth-order valence-electron chi connectivity index (χ4n) is 1.72. The summed E-state index contributed by atoms with van der Waals surface area (Å²) in [6.07, 6.45) is 2.31. The maximum atomic E-state index is 11.4. The lowest BCUT2D eigenvalue weighted by Gasteiger charge is -2.23. The van der Waals surface area contributed by atoms with Gasteiger partial charge < -0.3 is 14.8 Å². The Labute approximate surface area is 97.7 Å². The summed E-state index contributed by atoms with van der Waals surface area (Å²) in [5, 5.41) is 3.12. The Bertz CT molecular complexity index is 217. The normalized spacial score (nSPS) is 21.8. The third-order valence-electron chi connectivity index (χ3n) is 2.38. The van der Waals surface area contributed by atoms with Crippen LogP contribution in [-0.4, -0.2) is 37.9 Å². The Hall–Kier alpha value is -0.610. The maximum absolute atomic E-state index is 11.4. The van der Waals surface area contributed by atoms with Crippen LogP contribution >= 0.6 is 0 Å². The number of esters is 1. The second-order valence-electron chi connectivity index (χ2n) is 5.30. The lowest BCUT2D eigenvalue weighted by Crippen LogP contribution is -2.35. The smallest absolute Gasteiger partial charge is 0.320 e. The summed E-state index contributed by atoms with van der Waals surface area (Å²) >= 11 is 0. The van der Waals surface area contributed by atoms with Gasteiger partial charge in [-0.1, -0.05) is 0 Å². The van der Waals surface area contributed by atoms with E-state index in [1.807, 2.05) is 20.8 Å². The monoisotopic (exact) mass is 229 g/mol. The van der Waals surface area contributed by atoms with Crippen LogP contribution in [0.4, 0.5) is 0 Å². The van der Waals surface area contributed by atoms with E-state index in [4.69, 9.17) is 9.47 Å². The van der Waals surface area contributed by atoms with Crippen molar-refractivity contribution in [3.05, 3.63) is 0 Å². The summed E-state index contributed by atoms with van der Waals surface area (Å²) in [5.74, 6) is 0.348. The minimum Gasteiger partial charge on any atom is -0.459 e. The van der Waals surface area contributed by atoms with E-state index in [-0.39, 0.29) is 12.5 Å². The van der Waals surface area contributed by atoms with Gasteiger partial charge in [-0.3, -0.25) is 4.79 Å². The summed E-state index contributed by atoms with van der Waals surface area (Å²) in [4.78, 5) is 11.4. The van der Waals surface area contributed by atoms with Crippen LogP contribution in [0.15, 0.2) is 0 Å². The first kappa shape index (κ1) is 13.5. The van der Waals surface area contributed by atoms with E-state index in [1.165, 1.54) is 6.42 Å². The van der Waals surface area contributed by atoms with E-state index in [9.17, 15) is 4.79 Å². The minimum atomic E-state index is -0.396. The summed E-state index contributed by atoms with van der Waals surface area (Å²) in [6.45, 7) is 8.43. The molecule has 0 saturated carbocycles. The number of ether oxygens (including phenoxy) is 2. The summed E-state index contributed by atoms with van der Waals surface area (Å²) < 4.78 is 10.6. The molecule has 1 fully saturated rings. The number of hydrogen-bond donors (Lipinski definition) is 1. The molecule has 0 aromatic rings. The molecule has 0 aromatic carbocycles. The van der Waals surface area contributed by atoms with Crippen molar-refractivity contribution in [3.8, 4) is 0 Å². The fraction of sp³-hybridized carbons (Fsp3) is 0.917. The SMILES string of the molecule is CC(C)(C)OC(=O)CNCC1CCCOC1. The number of rotatable bonds is 4. The quantitative estimate of drug-likeness (QED) is 0.739. The number of hydrogen-bond acceptors (Lipinski definition) is 4. The van der Waals surface area contributed by atoms with Gasteiger partial charge in [-0.25, -0.2) is 0 Å². The van der Waals surface area contributed by atoms with Gasteiger partial charge in [-0.2, -0.15) is 0 Å². The predicted octanol–water partition coefficient (Wildman–Crippen LogP) is 1.34. The fourth-order valence-corrected chi connectivity index (χ4v) is 1.72. The summed E-state index contributed by atoms with van der Waals surface area (Å²) in [6, 6.07) is 0. The molecule has 4 heteroatoms. The summed E-state index contributed by atoms with van der Waals surface area (Å²) in [7, 11) is 0. The van der Waals surface area contributed by atoms with E-state index in [0.717, 1.165) is 26.2 Å². The Morgan fingerprint density at radius 2 is 2.25 bits per heavy atom. The maximum Gasteiger partial charge on any atom is 0.320 e. The van der Waals surface area contributed by atoms with Crippen molar-refractivity contribution in [2.75, 3.05) is 26.3 Å². The molecule has 0 aliphatic carbocycles. The first-order chi connectivity index (χ1) is 7.47. The lowest BCUT2D eigenvalue weighted by atomic mass is 10.0. The van der Waals surface area contributed by atoms with Gasteiger partial charge in [0.15, 0.2) is 0 Å². The third kappa shape index (κ3) is 6.08. The second kappa shape index (κ2) is 6.21.